The number of halogens is 2. The van der Waals surface area contributed by atoms with Crippen LogP contribution in [0.25, 0.3) is 0 Å². The fraction of sp³-hybridized carbons (Fsp3) is 0.0714. The second-order valence-electron chi connectivity index (χ2n) is 4.21. The van der Waals surface area contributed by atoms with E-state index < -0.39 is 29.1 Å². The first-order valence-corrected chi connectivity index (χ1v) is 5.85. The highest BCUT2D eigenvalue weighted by Gasteiger charge is 2.18. The summed E-state index contributed by atoms with van der Waals surface area (Å²) in [5.74, 6) is -4.69. The van der Waals surface area contributed by atoms with Crippen molar-refractivity contribution in [3.05, 3.63) is 58.9 Å². The van der Waals surface area contributed by atoms with Gasteiger partial charge in [0.05, 0.1) is 16.8 Å². The van der Waals surface area contributed by atoms with Gasteiger partial charge in [-0.15, -0.1) is 0 Å². The highest BCUT2D eigenvalue weighted by atomic mass is 19.2. The van der Waals surface area contributed by atoms with Gasteiger partial charge in [-0.05, 0) is 25.1 Å². The molecule has 7 heteroatoms. The van der Waals surface area contributed by atoms with Crippen molar-refractivity contribution in [1.82, 2.24) is 4.98 Å². The van der Waals surface area contributed by atoms with Gasteiger partial charge < -0.3 is 10.4 Å². The summed E-state index contributed by atoms with van der Waals surface area (Å²) in [5.41, 5.74) is -0.230. The van der Waals surface area contributed by atoms with Crippen LogP contribution in [-0.2, 0) is 0 Å². The van der Waals surface area contributed by atoms with Crippen molar-refractivity contribution in [2.45, 2.75) is 6.92 Å². The van der Waals surface area contributed by atoms with Gasteiger partial charge in [0.15, 0.2) is 11.6 Å². The van der Waals surface area contributed by atoms with Crippen molar-refractivity contribution in [1.29, 1.82) is 0 Å². The molecule has 2 N–H and O–H groups in total. The summed E-state index contributed by atoms with van der Waals surface area (Å²) in [6, 6.07) is 4.16. The Hall–Kier alpha value is -2.83. The van der Waals surface area contributed by atoms with Gasteiger partial charge in [-0.1, -0.05) is 0 Å². The second kappa shape index (κ2) is 5.66. The number of rotatable bonds is 3. The minimum absolute atomic E-state index is 0.207. The van der Waals surface area contributed by atoms with E-state index in [4.69, 9.17) is 5.11 Å². The number of benzene rings is 1. The number of pyridine rings is 1. The molecule has 0 saturated carbocycles. The Morgan fingerprint density at radius 3 is 2.48 bits per heavy atom. The van der Waals surface area contributed by atoms with Crippen LogP contribution >= 0.6 is 0 Å². The number of carbonyl (C=O) groups is 2. The van der Waals surface area contributed by atoms with Gasteiger partial charge in [0, 0.05) is 18.0 Å². The number of nitrogens with one attached hydrogen (secondary N) is 1. The SMILES string of the molecule is Cc1ncccc1C(=O)Nc1cc(F)c(F)cc1C(=O)O. The second-order valence-corrected chi connectivity index (χ2v) is 4.21. The fourth-order valence-electron chi connectivity index (χ4n) is 1.74. The third kappa shape index (κ3) is 3.02. The number of nitrogens with zero attached hydrogens (tertiary/aromatic N) is 1. The molecule has 21 heavy (non-hydrogen) atoms. The van der Waals surface area contributed by atoms with Crippen LogP contribution in [-0.4, -0.2) is 22.0 Å². The zero-order valence-electron chi connectivity index (χ0n) is 10.9. The maximum Gasteiger partial charge on any atom is 0.337 e. The zero-order valence-corrected chi connectivity index (χ0v) is 10.9. The molecular formula is C14H10F2N2O3. The van der Waals surface area contributed by atoms with Crippen LogP contribution in [0.2, 0.25) is 0 Å². The highest BCUT2D eigenvalue weighted by molar-refractivity contribution is 6.08. The van der Waals surface area contributed by atoms with Gasteiger partial charge in [0.25, 0.3) is 5.91 Å². The first-order chi connectivity index (χ1) is 9.90. The van der Waals surface area contributed by atoms with Gasteiger partial charge in [-0.25, -0.2) is 13.6 Å². The average Bonchev–Trinajstić information content (AvgIpc) is 2.42. The van der Waals surface area contributed by atoms with Crippen molar-refractivity contribution in [3.8, 4) is 0 Å². The van der Waals surface area contributed by atoms with E-state index in [1.165, 1.54) is 18.3 Å². The average molecular weight is 292 g/mol. The molecule has 1 amide bonds. The van der Waals surface area contributed by atoms with Crippen molar-refractivity contribution < 1.29 is 23.5 Å². The summed E-state index contributed by atoms with van der Waals surface area (Å²) in [4.78, 5) is 27.0. The normalized spacial score (nSPS) is 10.2. The molecule has 0 unspecified atom stereocenters. The molecule has 5 nitrogen and oxygen atoms in total. The third-order valence-electron chi connectivity index (χ3n) is 2.79. The van der Waals surface area contributed by atoms with Crippen molar-refractivity contribution in [2.24, 2.45) is 0 Å². The van der Waals surface area contributed by atoms with E-state index in [9.17, 15) is 18.4 Å². The van der Waals surface area contributed by atoms with E-state index in [1.54, 1.807) is 6.92 Å². The van der Waals surface area contributed by atoms with Crippen LogP contribution in [0.15, 0.2) is 30.5 Å². The number of aromatic nitrogens is 1. The number of hydrogen-bond donors (Lipinski definition) is 2. The van der Waals surface area contributed by atoms with Crippen molar-refractivity contribution >= 4 is 17.6 Å². The minimum atomic E-state index is -1.48. The number of hydrogen-bond acceptors (Lipinski definition) is 3. The summed E-state index contributed by atoms with van der Waals surface area (Å²) in [5, 5.41) is 11.2. The Bertz CT molecular complexity index is 732. The zero-order chi connectivity index (χ0) is 15.6. The van der Waals surface area contributed by atoms with Gasteiger partial charge in [-0.3, -0.25) is 9.78 Å². The number of anilines is 1. The van der Waals surface area contributed by atoms with Crippen LogP contribution in [0.4, 0.5) is 14.5 Å². The molecule has 0 aliphatic rings. The molecule has 0 radical (unpaired) electrons. The fourth-order valence-corrected chi connectivity index (χ4v) is 1.74. The topological polar surface area (TPSA) is 79.3 Å². The van der Waals surface area contributed by atoms with E-state index in [2.05, 4.69) is 10.3 Å². The molecule has 0 bridgehead atoms. The van der Waals surface area contributed by atoms with E-state index in [1.807, 2.05) is 0 Å². The van der Waals surface area contributed by atoms with Crippen LogP contribution in [0.5, 0.6) is 0 Å². The number of aromatic carboxylic acids is 1. The number of carboxylic acid groups (broad SMARTS) is 1. The molecule has 0 aliphatic heterocycles. The predicted octanol–water partition coefficient (Wildman–Crippen LogP) is 2.62. The maximum absolute atomic E-state index is 13.2. The summed E-state index contributed by atoms with van der Waals surface area (Å²) in [7, 11) is 0. The van der Waals surface area contributed by atoms with Crippen LogP contribution < -0.4 is 5.32 Å². The van der Waals surface area contributed by atoms with Gasteiger partial charge in [0.1, 0.15) is 0 Å². The van der Waals surface area contributed by atoms with E-state index in [0.29, 0.717) is 17.8 Å². The first-order valence-electron chi connectivity index (χ1n) is 5.85. The molecule has 0 saturated heterocycles. The molecule has 0 aliphatic carbocycles. The summed E-state index contributed by atoms with van der Waals surface area (Å²) in [6.07, 6.45) is 1.49. The molecule has 108 valence electrons. The standard InChI is InChI=1S/C14H10F2N2O3/c1-7-8(3-2-4-17-7)13(19)18-12-6-11(16)10(15)5-9(12)14(20)21/h2-6H,1H3,(H,18,19)(H,20,21). The van der Waals surface area contributed by atoms with E-state index >= 15 is 0 Å². The van der Waals surface area contributed by atoms with Crippen LogP contribution in [0.1, 0.15) is 26.4 Å². The van der Waals surface area contributed by atoms with E-state index in [0.717, 1.165) is 0 Å². The monoisotopic (exact) mass is 292 g/mol. The molecule has 2 aromatic rings. The predicted molar refractivity (Wildman–Crippen MR) is 70.2 cm³/mol. The molecular weight excluding hydrogens is 282 g/mol. The summed E-state index contributed by atoms with van der Waals surface area (Å²) >= 11 is 0. The van der Waals surface area contributed by atoms with Gasteiger partial charge >= 0.3 is 5.97 Å². The quantitative estimate of drug-likeness (QED) is 0.911. The molecule has 0 atom stereocenters. The maximum atomic E-state index is 13.2. The molecule has 2 rings (SSSR count). The number of aryl methyl sites for hydroxylation is 1. The summed E-state index contributed by atoms with van der Waals surface area (Å²) in [6.45, 7) is 1.60. The number of carboxylic acids is 1. The molecule has 0 spiro atoms. The Kier molecular flexibility index (Phi) is 3.93. The molecule has 0 fully saturated rings. The van der Waals surface area contributed by atoms with Crippen molar-refractivity contribution in [2.75, 3.05) is 5.32 Å². The lowest BCUT2D eigenvalue weighted by Gasteiger charge is -2.10. The lowest BCUT2D eigenvalue weighted by atomic mass is 10.1. The third-order valence-corrected chi connectivity index (χ3v) is 2.79. The van der Waals surface area contributed by atoms with Crippen LogP contribution in [0, 0.1) is 18.6 Å². The minimum Gasteiger partial charge on any atom is -0.478 e. The molecule has 1 aromatic heterocycles. The Balaban J connectivity index is 2.40. The number of amides is 1. The van der Waals surface area contributed by atoms with E-state index in [-0.39, 0.29) is 11.3 Å². The highest BCUT2D eigenvalue weighted by Crippen LogP contribution is 2.21. The largest absolute Gasteiger partial charge is 0.478 e. The summed E-state index contributed by atoms with van der Waals surface area (Å²) < 4.78 is 26.3. The molecule has 1 aromatic carbocycles. The molecule has 1 heterocycles. The number of carbonyl (C=O) groups excluding carboxylic acids is 1. The lowest BCUT2D eigenvalue weighted by molar-refractivity contribution is 0.0697. The lowest BCUT2D eigenvalue weighted by Crippen LogP contribution is -2.17. The smallest absolute Gasteiger partial charge is 0.337 e. The Morgan fingerprint density at radius 1 is 1.19 bits per heavy atom. The van der Waals surface area contributed by atoms with Crippen LogP contribution in [0.3, 0.4) is 0 Å². The Morgan fingerprint density at radius 2 is 1.86 bits per heavy atom. The Labute approximate surface area is 118 Å². The van der Waals surface area contributed by atoms with Gasteiger partial charge in [0.2, 0.25) is 0 Å². The first kappa shape index (κ1) is 14.6. The van der Waals surface area contributed by atoms with Gasteiger partial charge in [-0.2, -0.15) is 0 Å². The van der Waals surface area contributed by atoms with Crippen molar-refractivity contribution in [3.63, 3.8) is 0 Å².